The zero-order chi connectivity index (χ0) is 15.6. The molecule has 0 fully saturated rings. The minimum Gasteiger partial charge on any atom is -0.389 e. The SMILES string of the molecule is Cc1cc(Br)cnc1NS(=O)(=O)c1cccc(C(C)O)c1. The zero-order valence-corrected chi connectivity index (χ0v) is 13.9. The summed E-state index contributed by atoms with van der Waals surface area (Å²) in [7, 11) is -3.74. The predicted octanol–water partition coefficient (Wildman–Crippen LogP) is 3.01. The minimum atomic E-state index is -3.74. The van der Waals surface area contributed by atoms with Gasteiger partial charge in [-0.15, -0.1) is 0 Å². The summed E-state index contributed by atoms with van der Waals surface area (Å²) in [6, 6.07) is 7.96. The maximum atomic E-state index is 12.4. The van der Waals surface area contributed by atoms with Gasteiger partial charge in [-0.2, -0.15) is 0 Å². The van der Waals surface area contributed by atoms with Crippen molar-refractivity contribution in [2.45, 2.75) is 24.8 Å². The molecule has 1 atom stereocenters. The van der Waals surface area contributed by atoms with Crippen molar-refractivity contribution in [2.24, 2.45) is 0 Å². The molecule has 2 aromatic rings. The standard InChI is InChI=1S/C14H15BrN2O3S/c1-9-6-12(15)8-16-14(9)17-21(19,20)13-5-3-4-11(7-13)10(2)18/h3-8,10,18H,1-2H3,(H,16,17). The zero-order valence-electron chi connectivity index (χ0n) is 11.5. The van der Waals surface area contributed by atoms with E-state index >= 15 is 0 Å². The van der Waals surface area contributed by atoms with Gasteiger partial charge in [0.15, 0.2) is 0 Å². The molecule has 0 aliphatic heterocycles. The molecule has 5 nitrogen and oxygen atoms in total. The number of aliphatic hydroxyl groups is 1. The minimum absolute atomic E-state index is 0.0880. The molecular weight excluding hydrogens is 356 g/mol. The Morgan fingerprint density at radius 3 is 2.67 bits per heavy atom. The van der Waals surface area contributed by atoms with Crippen LogP contribution in [0.25, 0.3) is 0 Å². The summed E-state index contributed by atoms with van der Waals surface area (Å²) in [5, 5.41) is 9.55. The summed E-state index contributed by atoms with van der Waals surface area (Å²) < 4.78 is 28.0. The largest absolute Gasteiger partial charge is 0.389 e. The van der Waals surface area contributed by atoms with Gasteiger partial charge in [-0.1, -0.05) is 12.1 Å². The third-order valence-electron chi connectivity index (χ3n) is 2.93. The first-order valence-corrected chi connectivity index (χ1v) is 8.50. The van der Waals surface area contributed by atoms with Crippen LogP contribution in [0.15, 0.2) is 45.9 Å². The van der Waals surface area contributed by atoms with E-state index in [1.807, 2.05) is 0 Å². The average molecular weight is 371 g/mol. The molecule has 0 amide bonds. The lowest BCUT2D eigenvalue weighted by Gasteiger charge is -2.11. The molecule has 1 unspecified atom stereocenters. The molecule has 7 heteroatoms. The number of pyridine rings is 1. The third-order valence-corrected chi connectivity index (χ3v) is 4.70. The summed E-state index contributed by atoms with van der Waals surface area (Å²) in [5.41, 5.74) is 1.25. The molecule has 1 aromatic heterocycles. The van der Waals surface area contributed by atoms with E-state index in [-0.39, 0.29) is 10.7 Å². The molecule has 0 saturated heterocycles. The van der Waals surface area contributed by atoms with Crippen LogP contribution in [0.2, 0.25) is 0 Å². The van der Waals surface area contributed by atoms with Crippen molar-refractivity contribution in [3.63, 3.8) is 0 Å². The van der Waals surface area contributed by atoms with Gasteiger partial charge in [0, 0.05) is 10.7 Å². The molecule has 1 aromatic carbocycles. The fraction of sp³-hybridized carbons (Fsp3) is 0.214. The molecule has 2 rings (SSSR count). The first-order chi connectivity index (χ1) is 9.79. The van der Waals surface area contributed by atoms with E-state index < -0.39 is 16.1 Å². The van der Waals surface area contributed by atoms with Crippen molar-refractivity contribution < 1.29 is 13.5 Å². The monoisotopic (exact) mass is 370 g/mol. The van der Waals surface area contributed by atoms with Gasteiger partial charge >= 0.3 is 0 Å². The van der Waals surface area contributed by atoms with Crippen LogP contribution in [0.3, 0.4) is 0 Å². The molecule has 112 valence electrons. The first-order valence-electron chi connectivity index (χ1n) is 6.22. The van der Waals surface area contributed by atoms with Crippen LogP contribution in [0, 0.1) is 6.92 Å². The molecule has 0 aliphatic rings. The van der Waals surface area contributed by atoms with Gasteiger partial charge in [-0.3, -0.25) is 4.72 Å². The second kappa shape index (κ2) is 6.13. The summed E-state index contributed by atoms with van der Waals surface area (Å²) >= 11 is 3.28. The van der Waals surface area contributed by atoms with Gasteiger partial charge in [-0.25, -0.2) is 13.4 Å². The Bertz CT molecular complexity index is 761. The normalized spacial score (nSPS) is 13.0. The van der Waals surface area contributed by atoms with E-state index in [0.29, 0.717) is 11.1 Å². The summed E-state index contributed by atoms with van der Waals surface area (Å²) in [6.07, 6.45) is 0.796. The summed E-state index contributed by atoms with van der Waals surface area (Å²) in [5.74, 6) is 0.278. The number of nitrogens with zero attached hydrogens (tertiary/aromatic N) is 1. The Balaban J connectivity index is 2.36. The van der Waals surface area contributed by atoms with E-state index in [2.05, 4.69) is 25.6 Å². The molecule has 0 aliphatic carbocycles. The van der Waals surface area contributed by atoms with Crippen molar-refractivity contribution in [2.75, 3.05) is 4.72 Å². The van der Waals surface area contributed by atoms with Crippen molar-refractivity contribution in [3.8, 4) is 0 Å². The highest BCUT2D eigenvalue weighted by Gasteiger charge is 2.17. The summed E-state index contributed by atoms with van der Waals surface area (Å²) in [4.78, 5) is 4.15. The number of sulfonamides is 1. The van der Waals surface area contributed by atoms with Gasteiger partial charge in [0.25, 0.3) is 10.0 Å². The Kier molecular flexibility index (Phi) is 4.65. The van der Waals surface area contributed by atoms with Gasteiger partial charge in [0.05, 0.1) is 11.0 Å². The first kappa shape index (κ1) is 15.9. The van der Waals surface area contributed by atoms with E-state index in [0.717, 1.165) is 4.47 Å². The number of hydrogen-bond acceptors (Lipinski definition) is 4. The van der Waals surface area contributed by atoms with Crippen LogP contribution in [0.5, 0.6) is 0 Å². The smallest absolute Gasteiger partial charge is 0.263 e. The topological polar surface area (TPSA) is 79.3 Å². The lowest BCUT2D eigenvalue weighted by molar-refractivity contribution is 0.199. The van der Waals surface area contributed by atoms with Crippen molar-refractivity contribution in [1.29, 1.82) is 0 Å². The number of aliphatic hydroxyl groups excluding tert-OH is 1. The average Bonchev–Trinajstić information content (AvgIpc) is 2.42. The fourth-order valence-corrected chi connectivity index (χ4v) is 3.36. The third kappa shape index (κ3) is 3.81. The summed E-state index contributed by atoms with van der Waals surface area (Å²) in [6.45, 7) is 3.35. The quantitative estimate of drug-likeness (QED) is 0.866. The van der Waals surface area contributed by atoms with Crippen LogP contribution < -0.4 is 4.72 Å². The Morgan fingerprint density at radius 1 is 1.33 bits per heavy atom. The van der Waals surface area contributed by atoms with Gasteiger partial charge in [0.1, 0.15) is 5.82 Å². The molecule has 0 radical (unpaired) electrons. The number of aryl methyl sites for hydroxylation is 1. The Hall–Kier alpha value is -1.44. The van der Waals surface area contributed by atoms with Crippen molar-refractivity contribution >= 4 is 31.8 Å². The number of rotatable bonds is 4. The van der Waals surface area contributed by atoms with Crippen molar-refractivity contribution in [3.05, 3.63) is 52.1 Å². The highest BCUT2D eigenvalue weighted by molar-refractivity contribution is 9.10. The van der Waals surface area contributed by atoms with Crippen LogP contribution in [-0.4, -0.2) is 18.5 Å². The highest BCUT2D eigenvalue weighted by atomic mass is 79.9. The van der Waals surface area contributed by atoms with E-state index in [1.165, 1.54) is 18.3 Å². The molecule has 0 bridgehead atoms. The van der Waals surface area contributed by atoms with Gasteiger partial charge < -0.3 is 5.11 Å². The van der Waals surface area contributed by atoms with E-state index in [1.54, 1.807) is 32.0 Å². The van der Waals surface area contributed by atoms with Crippen LogP contribution in [-0.2, 0) is 10.0 Å². The molecule has 2 N–H and O–H groups in total. The number of aromatic nitrogens is 1. The highest BCUT2D eigenvalue weighted by Crippen LogP contribution is 2.22. The van der Waals surface area contributed by atoms with Gasteiger partial charge in [-0.05, 0) is 59.1 Å². The van der Waals surface area contributed by atoms with Crippen molar-refractivity contribution in [1.82, 2.24) is 4.98 Å². The number of hydrogen-bond donors (Lipinski definition) is 2. The Labute approximate surface area is 132 Å². The molecule has 0 spiro atoms. The van der Waals surface area contributed by atoms with E-state index in [4.69, 9.17) is 0 Å². The second-order valence-corrected chi connectivity index (χ2v) is 7.27. The van der Waals surface area contributed by atoms with Crippen LogP contribution in [0.4, 0.5) is 5.82 Å². The number of nitrogens with one attached hydrogen (secondary N) is 1. The lowest BCUT2D eigenvalue weighted by atomic mass is 10.1. The predicted molar refractivity (Wildman–Crippen MR) is 84.6 cm³/mol. The van der Waals surface area contributed by atoms with Crippen LogP contribution >= 0.6 is 15.9 Å². The van der Waals surface area contributed by atoms with E-state index in [9.17, 15) is 13.5 Å². The lowest BCUT2D eigenvalue weighted by Crippen LogP contribution is -2.15. The Morgan fingerprint density at radius 2 is 2.05 bits per heavy atom. The van der Waals surface area contributed by atoms with Gasteiger partial charge in [0.2, 0.25) is 0 Å². The molecular formula is C14H15BrN2O3S. The second-order valence-electron chi connectivity index (χ2n) is 4.67. The molecule has 0 saturated carbocycles. The maximum Gasteiger partial charge on any atom is 0.263 e. The fourth-order valence-electron chi connectivity index (χ4n) is 1.78. The molecule has 1 heterocycles. The number of anilines is 1. The number of halogens is 1. The van der Waals surface area contributed by atoms with Crippen LogP contribution in [0.1, 0.15) is 24.2 Å². The maximum absolute atomic E-state index is 12.4. The number of benzene rings is 1. The molecule has 21 heavy (non-hydrogen) atoms.